The van der Waals surface area contributed by atoms with Crippen molar-refractivity contribution in [2.75, 3.05) is 0 Å². The first-order valence-electron chi connectivity index (χ1n) is 4.78. The van der Waals surface area contributed by atoms with E-state index in [4.69, 9.17) is 11.6 Å². The molecule has 1 unspecified atom stereocenters. The van der Waals surface area contributed by atoms with Gasteiger partial charge in [-0.3, -0.25) is 0 Å². The van der Waals surface area contributed by atoms with Crippen LogP contribution in [0.5, 0.6) is 0 Å². The zero-order valence-electron chi connectivity index (χ0n) is 9.49. The minimum absolute atomic E-state index is 0.0861. The number of rotatable bonds is 4. The number of terminal acetylenes is 1. The first kappa shape index (κ1) is 14.7. The average molecular weight is 288 g/mol. The molecule has 0 spiro atoms. The van der Waals surface area contributed by atoms with Gasteiger partial charge in [0.05, 0.1) is 15.8 Å². The highest BCUT2D eigenvalue weighted by molar-refractivity contribution is 7.89. The first-order valence-corrected chi connectivity index (χ1v) is 7.81. The maximum atomic E-state index is 11.8. The van der Waals surface area contributed by atoms with E-state index in [0.717, 1.165) is 24.3 Å². The monoisotopic (exact) mass is 288 g/mol. The minimum atomic E-state index is -3.84. The molecule has 0 aliphatic carbocycles. The van der Waals surface area contributed by atoms with Gasteiger partial charge < -0.3 is 0 Å². The minimum Gasteiger partial charge on any atom is -0.225 e. The van der Waals surface area contributed by atoms with Gasteiger partial charge in [0.25, 0.3) is 0 Å². The van der Waals surface area contributed by atoms with Crippen LogP contribution in [0.15, 0.2) is 34.1 Å². The summed E-state index contributed by atoms with van der Waals surface area (Å²) in [4.78, 5) is -0.247. The lowest BCUT2D eigenvalue weighted by Gasteiger charge is -2.09. The Hall–Kier alpha value is -1.40. The van der Waals surface area contributed by atoms with Crippen molar-refractivity contribution in [3.63, 3.8) is 0 Å². The third kappa shape index (κ3) is 3.54. The Labute approximate surface area is 106 Å². The molecule has 18 heavy (non-hydrogen) atoms. The van der Waals surface area contributed by atoms with E-state index in [2.05, 4.69) is 10.6 Å². The average Bonchev–Trinajstić information content (AvgIpc) is 2.27. The zero-order valence-corrected chi connectivity index (χ0v) is 11.1. The molecular formula is C10H12N2O4S2. The molecule has 0 aromatic heterocycles. The van der Waals surface area contributed by atoms with Crippen LogP contribution in [0.3, 0.4) is 0 Å². The van der Waals surface area contributed by atoms with Gasteiger partial charge in [0.2, 0.25) is 20.0 Å². The SMILES string of the molecule is C#CC(C)NS(=O)(=O)c1ccc(S(N)(=O)=O)cc1. The van der Waals surface area contributed by atoms with Crippen molar-refractivity contribution in [2.45, 2.75) is 22.8 Å². The van der Waals surface area contributed by atoms with Crippen molar-refractivity contribution in [1.82, 2.24) is 4.72 Å². The van der Waals surface area contributed by atoms with Crippen molar-refractivity contribution in [2.24, 2.45) is 5.14 Å². The van der Waals surface area contributed by atoms with Gasteiger partial charge in [0, 0.05) is 0 Å². The number of nitrogens with two attached hydrogens (primary N) is 1. The van der Waals surface area contributed by atoms with E-state index >= 15 is 0 Å². The predicted octanol–water partition coefficient (Wildman–Crippen LogP) is -0.366. The van der Waals surface area contributed by atoms with E-state index in [1.54, 1.807) is 0 Å². The van der Waals surface area contributed by atoms with E-state index in [0.29, 0.717) is 0 Å². The molecular weight excluding hydrogens is 276 g/mol. The molecule has 0 saturated heterocycles. The summed E-state index contributed by atoms with van der Waals surface area (Å²) < 4.78 is 47.8. The molecule has 0 aliphatic heterocycles. The lowest BCUT2D eigenvalue weighted by Crippen LogP contribution is -2.31. The largest absolute Gasteiger partial charge is 0.241 e. The fourth-order valence-electron chi connectivity index (χ4n) is 1.14. The molecule has 0 saturated carbocycles. The highest BCUT2D eigenvalue weighted by Crippen LogP contribution is 2.13. The Balaban J connectivity index is 3.10. The van der Waals surface area contributed by atoms with Gasteiger partial charge in [-0.25, -0.2) is 22.0 Å². The maximum absolute atomic E-state index is 11.8. The van der Waals surface area contributed by atoms with Crippen molar-refractivity contribution >= 4 is 20.0 Å². The Morgan fingerprint density at radius 3 is 2.00 bits per heavy atom. The number of hydrogen-bond donors (Lipinski definition) is 2. The second-order valence-corrected chi connectivity index (χ2v) is 6.80. The van der Waals surface area contributed by atoms with Gasteiger partial charge in [-0.1, -0.05) is 5.92 Å². The quantitative estimate of drug-likeness (QED) is 0.737. The number of sulfonamides is 2. The molecule has 0 aliphatic rings. The summed E-state index contributed by atoms with van der Waals surface area (Å²) in [5.74, 6) is 2.22. The Morgan fingerprint density at radius 2 is 1.61 bits per heavy atom. The molecule has 0 amide bonds. The lowest BCUT2D eigenvalue weighted by atomic mass is 10.4. The molecule has 0 radical (unpaired) electrons. The van der Waals surface area contributed by atoms with Crippen LogP contribution in [0.4, 0.5) is 0 Å². The van der Waals surface area contributed by atoms with Crippen LogP contribution >= 0.6 is 0 Å². The first-order chi connectivity index (χ1) is 8.16. The smallest absolute Gasteiger partial charge is 0.225 e. The summed E-state index contributed by atoms with van der Waals surface area (Å²) in [6, 6.07) is 3.86. The molecule has 1 atom stereocenters. The molecule has 98 valence electrons. The summed E-state index contributed by atoms with van der Waals surface area (Å²) >= 11 is 0. The molecule has 6 nitrogen and oxygen atoms in total. The van der Waals surface area contributed by atoms with Gasteiger partial charge in [-0.15, -0.1) is 6.42 Å². The van der Waals surface area contributed by atoms with E-state index in [9.17, 15) is 16.8 Å². The number of primary sulfonamides is 1. The number of hydrogen-bond acceptors (Lipinski definition) is 4. The van der Waals surface area contributed by atoms with Crippen LogP contribution in [-0.2, 0) is 20.0 Å². The highest BCUT2D eigenvalue weighted by atomic mass is 32.2. The molecule has 0 heterocycles. The Morgan fingerprint density at radius 1 is 1.17 bits per heavy atom. The third-order valence-corrected chi connectivity index (χ3v) is 4.53. The maximum Gasteiger partial charge on any atom is 0.241 e. The Bertz CT molecular complexity index is 670. The second-order valence-electron chi connectivity index (χ2n) is 3.53. The summed E-state index contributed by atoms with van der Waals surface area (Å²) in [6.45, 7) is 1.51. The summed E-state index contributed by atoms with van der Waals surface area (Å²) in [7, 11) is -7.60. The van der Waals surface area contributed by atoms with Crippen LogP contribution < -0.4 is 9.86 Å². The van der Waals surface area contributed by atoms with Gasteiger partial charge in [0.1, 0.15) is 0 Å². The van der Waals surface area contributed by atoms with Gasteiger partial charge >= 0.3 is 0 Å². The normalized spacial score (nSPS) is 13.8. The molecule has 8 heteroatoms. The number of benzene rings is 1. The third-order valence-electron chi connectivity index (χ3n) is 2.04. The lowest BCUT2D eigenvalue weighted by molar-refractivity contribution is 0.577. The zero-order chi connectivity index (χ0) is 14.0. The van der Waals surface area contributed by atoms with Gasteiger partial charge in [-0.2, -0.15) is 4.72 Å². The predicted molar refractivity (Wildman–Crippen MR) is 66.4 cm³/mol. The molecule has 0 fully saturated rings. The van der Waals surface area contributed by atoms with Crippen LogP contribution in [-0.4, -0.2) is 22.9 Å². The Kier molecular flexibility index (Phi) is 4.13. The molecule has 1 rings (SSSR count). The summed E-state index contributed by atoms with van der Waals surface area (Å²) in [6.07, 6.45) is 5.07. The van der Waals surface area contributed by atoms with Gasteiger partial charge in [0.15, 0.2) is 0 Å². The van der Waals surface area contributed by atoms with E-state index < -0.39 is 26.1 Å². The summed E-state index contributed by atoms with van der Waals surface area (Å²) in [5.41, 5.74) is 0. The second kappa shape index (κ2) is 5.07. The van der Waals surface area contributed by atoms with Crippen molar-refractivity contribution in [3.8, 4) is 12.3 Å². The molecule has 1 aromatic carbocycles. The summed E-state index contributed by atoms with van der Waals surface area (Å²) in [5, 5.41) is 4.90. The van der Waals surface area contributed by atoms with Gasteiger partial charge in [-0.05, 0) is 31.2 Å². The molecule has 0 bridgehead atoms. The van der Waals surface area contributed by atoms with Crippen LogP contribution in [0.2, 0.25) is 0 Å². The van der Waals surface area contributed by atoms with Crippen LogP contribution in [0, 0.1) is 12.3 Å². The van der Waals surface area contributed by atoms with Crippen molar-refractivity contribution in [1.29, 1.82) is 0 Å². The van der Waals surface area contributed by atoms with E-state index in [1.165, 1.54) is 6.92 Å². The van der Waals surface area contributed by atoms with Crippen LogP contribution in [0.1, 0.15) is 6.92 Å². The van der Waals surface area contributed by atoms with E-state index in [-0.39, 0.29) is 9.79 Å². The standard InChI is InChI=1S/C10H12N2O4S2/c1-3-8(2)12-18(15,16)10-6-4-9(5-7-10)17(11,13)14/h1,4-8,12H,2H3,(H2,11,13,14). The van der Waals surface area contributed by atoms with E-state index in [1.807, 2.05) is 0 Å². The van der Waals surface area contributed by atoms with Crippen molar-refractivity contribution in [3.05, 3.63) is 24.3 Å². The molecule has 1 aromatic rings. The van der Waals surface area contributed by atoms with Crippen LogP contribution in [0.25, 0.3) is 0 Å². The topological polar surface area (TPSA) is 106 Å². The fourth-order valence-corrected chi connectivity index (χ4v) is 2.82. The molecule has 3 N–H and O–H groups in total. The highest BCUT2D eigenvalue weighted by Gasteiger charge is 2.17. The number of nitrogens with one attached hydrogen (secondary N) is 1. The van der Waals surface area contributed by atoms with Crippen molar-refractivity contribution < 1.29 is 16.8 Å². The fraction of sp³-hybridized carbons (Fsp3) is 0.200.